The van der Waals surface area contributed by atoms with Crippen LogP contribution in [0, 0.1) is 28.9 Å². The number of aromatic nitrogens is 2. The Morgan fingerprint density at radius 2 is 1.83 bits per heavy atom. The Bertz CT molecular complexity index is 1660. The van der Waals surface area contributed by atoms with E-state index in [0.29, 0.717) is 62.2 Å². The maximum absolute atomic E-state index is 15.8. The summed E-state index contributed by atoms with van der Waals surface area (Å²) in [6.45, 7) is 5.82. The molecule has 4 aliphatic rings. The molecule has 11 heteroatoms. The number of rotatable bonds is 8. The second-order valence-corrected chi connectivity index (χ2v) is 14.1. The minimum atomic E-state index is -1.03. The second-order valence-electron chi connectivity index (χ2n) is 14.1. The lowest BCUT2D eigenvalue weighted by molar-refractivity contribution is -0.000968. The van der Waals surface area contributed by atoms with Crippen molar-refractivity contribution in [1.29, 1.82) is 0 Å². The number of aromatic carboxylic acids is 1. The molecule has 8 nitrogen and oxygen atoms in total. The third-order valence-corrected chi connectivity index (χ3v) is 11.2. The molecule has 1 N–H and O–H groups in total. The SMILES string of the molecule is CC1(C)C2CCC(C2)C1n1cc(CN2CCC3(CC2)CN(c2ccc(C(=O)O)cc2)C(=O)O3)c(-c2ccc(F)c(CCF)c2F)n1. The number of nitrogens with zero attached hydrogens (tertiary/aromatic N) is 4. The van der Waals surface area contributed by atoms with Crippen LogP contribution in [0.1, 0.15) is 73.5 Å². The number of alkyl halides is 1. The smallest absolute Gasteiger partial charge is 0.415 e. The number of likely N-dealkylation sites (tertiary alicyclic amines) is 1. The molecule has 3 atom stereocenters. The number of carbonyl (C=O) groups is 2. The van der Waals surface area contributed by atoms with Crippen LogP contribution >= 0.6 is 0 Å². The number of amides is 1. The molecule has 1 amide bonds. The van der Waals surface area contributed by atoms with Gasteiger partial charge >= 0.3 is 12.1 Å². The van der Waals surface area contributed by atoms with Gasteiger partial charge in [-0.25, -0.2) is 18.4 Å². The van der Waals surface area contributed by atoms with Gasteiger partial charge in [-0.3, -0.25) is 18.9 Å². The number of hydrogen-bond donors (Lipinski definition) is 1. The van der Waals surface area contributed by atoms with Crippen LogP contribution in [-0.2, 0) is 17.7 Å². The molecule has 3 aromatic rings. The summed E-state index contributed by atoms with van der Waals surface area (Å²) in [6, 6.07) is 8.96. The summed E-state index contributed by atoms with van der Waals surface area (Å²) in [4.78, 5) is 27.9. The molecule has 4 fully saturated rings. The number of ether oxygens (including phenoxy) is 1. The van der Waals surface area contributed by atoms with Gasteiger partial charge in [-0.05, 0) is 72.9 Å². The van der Waals surface area contributed by atoms with E-state index in [4.69, 9.17) is 9.84 Å². The van der Waals surface area contributed by atoms with Crippen LogP contribution in [-0.4, -0.2) is 63.8 Å². The topological polar surface area (TPSA) is 87.9 Å². The van der Waals surface area contributed by atoms with Gasteiger partial charge in [0.15, 0.2) is 0 Å². The number of hydrogen-bond acceptors (Lipinski definition) is 5. The predicted octanol–water partition coefficient (Wildman–Crippen LogP) is 7.03. The zero-order valence-corrected chi connectivity index (χ0v) is 26.1. The summed E-state index contributed by atoms with van der Waals surface area (Å²) in [5, 5.41) is 14.2. The number of carboxylic acids is 1. The van der Waals surface area contributed by atoms with E-state index in [1.807, 2.05) is 10.9 Å². The molecule has 46 heavy (non-hydrogen) atoms. The highest BCUT2D eigenvalue weighted by Gasteiger charge is 2.54. The first kappa shape index (κ1) is 30.8. The van der Waals surface area contributed by atoms with Gasteiger partial charge in [0.05, 0.1) is 30.5 Å². The minimum absolute atomic E-state index is 0.0356. The summed E-state index contributed by atoms with van der Waals surface area (Å²) in [5.74, 6) is -1.44. The molecule has 3 heterocycles. The third kappa shape index (κ3) is 5.16. The molecule has 2 aliphatic carbocycles. The van der Waals surface area contributed by atoms with Crippen molar-refractivity contribution in [2.24, 2.45) is 17.3 Å². The quantitative estimate of drug-likeness (QED) is 0.286. The lowest BCUT2D eigenvalue weighted by Gasteiger charge is -2.38. The fourth-order valence-electron chi connectivity index (χ4n) is 8.63. The van der Waals surface area contributed by atoms with Crippen LogP contribution in [0.4, 0.5) is 23.7 Å². The van der Waals surface area contributed by atoms with Crippen LogP contribution < -0.4 is 4.90 Å². The Morgan fingerprint density at radius 3 is 2.48 bits per heavy atom. The van der Waals surface area contributed by atoms with E-state index in [9.17, 15) is 23.5 Å². The van der Waals surface area contributed by atoms with E-state index < -0.39 is 36.0 Å². The number of carboxylic acid groups (broad SMARTS) is 1. The molecule has 0 radical (unpaired) electrons. The van der Waals surface area contributed by atoms with Gasteiger partial charge in [-0.2, -0.15) is 5.10 Å². The highest BCUT2D eigenvalue weighted by Crippen LogP contribution is 2.61. The summed E-state index contributed by atoms with van der Waals surface area (Å²) >= 11 is 0. The van der Waals surface area contributed by atoms with E-state index in [1.165, 1.54) is 30.7 Å². The number of fused-ring (bicyclic) bond motifs is 2. The monoisotopic (exact) mass is 636 g/mol. The number of carbonyl (C=O) groups excluding carboxylic acids is 1. The van der Waals surface area contributed by atoms with Crippen molar-refractivity contribution >= 4 is 17.7 Å². The van der Waals surface area contributed by atoms with E-state index in [-0.39, 0.29) is 34.6 Å². The molecule has 2 aromatic carbocycles. The predicted molar refractivity (Wildman–Crippen MR) is 165 cm³/mol. The first-order valence-electron chi connectivity index (χ1n) is 16.2. The standard InChI is InChI=1S/C35H39F3N4O4/c1-34(2)24-6-3-22(17-24)31(34)42-19-23(30(39-42)27-9-10-28(37)26(11-14-36)29(27)38)18-40-15-12-35(13-16-40)20-41(33(45)46-35)25-7-4-21(5-8-25)32(43)44/h4-5,7-10,19,22,24,31H,3,6,11-18,20H2,1-2H3,(H,43,44). The van der Waals surface area contributed by atoms with Crippen molar-refractivity contribution < 1.29 is 32.6 Å². The molecule has 244 valence electrons. The van der Waals surface area contributed by atoms with Gasteiger partial charge in [0.1, 0.15) is 17.2 Å². The lowest BCUT2D eigenvalue weighted by Crippen LogP contribution is -2.46. The Morgan fingerprint density at radius 1 is 1.09 bits per heavy atom. The van der Waals surface area contributed by atoms with Gasteiger partial charge < -0.3 is 9.84 Å². The van der Waals surface area contributed by atoms with Gasteiger partial charge in [0, 0.05) is 67.5 Å². The summed E-state index contributed by atoms with van der Waals surface area (Å²) < 4.78 is 51.5. The average molecular weight is 637 g/mol. The molecule has 2 aliphatic heterocycles. The molecule has 1 spiro atoms. The van der Waals surface area contributed by atoms with Crippen LogP contribution in [0.2, 0.25) is 0 Å². The summed E-state index contributed by atoms with van der Waals surface area (Å²) in [5.41, 5.74) is 1.31. The molecule has 1 aromatic heterocycles. The second kappa shape index (κ2) is 11.4. The van der Waals surface area contributed by atoms with Crippen LogP contribution in [0.25, 0.3) is 11.3 Å². The molecule has 3 unspecified atom stereocenters. The fraction of sp³-hybridized carbons (Fsp3) is 0.514. The Hall–Kier alpha value is -3.86. The normalized spacial score (nSPS) is 25.0. The number of halogens is 3. The molecule has 7 rings (SSSR count). The van der Waals surface area contributed by atoms with Crippen LogP contribution in [0.5, 0.6) is 0 Å². The van der Waals surface area contributed by atoms with E-state index >= 15 is 4.39 Å². The fourth-order valence-corrected chi connectivity index (χ4v) is 8.63. The molecule has 2 bridgehead atoms. The van der Waals surface area contributed by atoms with Crippen molar-refractivity contribution in [1.82, 2.24) is 14.7 Å². The highest BCUT2D eigenvalue weighted by atomic mass is 19.1. The van der Waals surface area contributed by atoms with E-state index in [0.717, 1.165) is 18.4 Å². The average Bonchev–Trinajstić information content (AvgIpc) is 3.79. The largest absolute Gasteiger partial charge is 0.478 e. The lowest BCUT2D eigenvalue weighted by atomic mass is 9.73. The zero-order valence-electron chi connectivity index (χ0n) is 26.1. The number of anilines is 1. The third-order valence-electron chi connectivity index (χ3n) is 11.2. The molecule has 2 saturated carbocycles. The maximum Gasteiger partial charge on any atom is 0.415 e. The van der Waals surface area contributed by atoms with Crippen LogP contribution in [0.3, 0.4) is 0 Å². The first-order chi connectivity index (χ1) is 22.0. The van der Waals surface area contributed by atoms with Crippen molar-refractivity contribution in [3.8, 4) is 11.3 Å². The van der Waals surface area contributed by atoms with E-state index in [1.54, 1.807) is 17.0 Å². The van der Waals surface area contributed by atoms with Crippen molar-refractivity contribution in [2.75, 3.05) is 31.2 Å². The van der Waals surface area contributed by atoms with Gasteiger partial charge in [0.25, 0.3) is 0 Å². The van der Waals surface area contributed by atoms with Crippen molar-refractivity contribution in [3.05, 3.63) is 70.9 Å². The van der Waals surface area contributed by atoms with Gasteiger partial charge in [0.2, 0.25) is 0 Å². The van der Waals surface area contributed by atoms with Crippen molar-refractivity contribution in [3.63, 3.8) is 0 Å². The van der Waals surface area contributed by atoms with Crippen LogP contribution in [0.15, 0.2) is 42.6 Å². The number of piperidine rings is 1. The maximum atomic E-state index is 15.8. The zero-order chi connectivity index (χ0) is 32.4. The van der Waals surface area contributed by atoms with E-state index in [2.05, 4.69) is 18.7 Å². The Balaban J connectivity index is 1.13. The van der Waals surface area contributed by atoms with Gasteiger partial charge in [-0.1, -0.05) is 13.8 Å². The summed E-state index contributed by atoms with van der Waals surface area (Å²) in [7, 11) is 0. The Kier molecular flexibility index (Phi) is 7.65. The molecule has 2 saturated heterocycles. The molecular weight excluding hydrogens is 597 g/mol. The Labute approximate surface area is 266 Å². The summed E-state index contributed by atoms with van der Waals surface area (Å²) in [6.07, 6.45) is 5.93. The molecular formula is C35H39F3N4O4. The first-order valence-corrected chi connectivity index (χ1v) is 16.2. The number of benzene rings is 2. The van der Waals surface area contributed by atoms with Gasteiger partial charge in [-0.15, -0.1) is 0 Å². The minimum Gasteiger partial charge on any atom is -0.478 e. The highest BCUT2D eigenvalue weighted by molar-refractivity contribution is 5.92. The van der Waals surface area contributed by atoms with Crippen molar-refractivity contribution in [2.45, 2.75) is 70.6 Å².